The van der Waals surface area contributed by atoms with E-state index in [4.69, 9.17) is 4.74 Å². The number of benzene rings is 1. The van der Waals surface area contributed by atoms with Gasteiger partial charge in [0, 0.05) is 12.3 Å². The molecular weight excluding hydrogens is 377 g/mol. The summed E-state index contributed by atoms with van der Waals surface area (Å²) in [7, 11) is 0. The molecule has 1 aromatic carbocycles. The fourth-order valence-corrected chi connectivity index (χ4v) is 2.59. The van der Waals surface area contributed by atoms with E-state index in [0.717, 1.165) is 11.1 Å². The Bertz CT molecular complexity index is 922. The number of pyridine rings is 1. The average Bonchev–Trinajstić information content (AvgIpc) is 2.61. The lowest BCUT2D eigenvalue weighted by molar-refractivity contribution is -0.149. The van der Waals surface area contributed by atoms with Gasteiger partial charge in [0.25, 0.3) is 11.5 Å². The SMILES string of the molecule is Cc1ccccc1[C@H](C)NC(=O)COC(=O)Cn1cc(C(F)(F)F)ccc1=O. The number of rotatable bonds is 6. The summed E-state index contributed by atoms with van der Waals surface area (Å²) in [4.78, 5) is 35.4. The Labute approximate surface area is 158 Å². The minimum absolute atomic E-state index is 0.321. The van der Waals surface area contributed by atoms with E-state index in [1.54, 1.807) is 6.92 Å². The van der Waals surface area contributed by atoms with Crippen LogP contribution in [0.4, 0.5) is 13.2 Å². The van der Waals surface area contributed by atoms with Crippen LogP contribution in [0.15, 0.2) is 47.4 Å². The number of alkyl halides is 3. The second kappa shape index (κ2) is 8.73. The Balaban J connectivity index is 1.91. The van der Waals surface area contributed by atoms with Gasteiger partial charge in [-0.2, -0.15) is 13.2 Å². The number of carbonyl (C=O) groups excluding carboxylic acids is 2. The number of hydrogen-bond acceptors (Lipinski definition) is 4. The predicted molar refractivity (Wildman–Crippen MR) is 94.4 cm³/mol. The minimum Gasteiger partial charge on any atom is -0.454 e. The van der Waals surface area contributed by atoms with Crippen LogP contribution >= 0.6 is 0 Å². The third-order valence-electron chi connectivity index (χ3n) is 4.01. The molecule has 0 radical (unpaired) electrons. The summed E-state index contributed by atoms with van der Waals surface area (Å²) in [6.07, 6.45) is -4.12. The van der Waals surface area contributed by atoms with Crippen molar-refractivity contribution >= 4 is 11.9 Å². The van der Waals surface area contributed by atoms with Crippen LogP contribution < -0.4 is 10.9 Å². The highest BCUT2D eigenvalue weighted by Crippen LogP contribution is 2.28. The van der Waals surface area contributed by atoms with Crippen LogP contribution in [0.3, 0.4) is 0 Å². The number of esters is 1. The van der Waals surface area contributed by atoms with Crippen molar-refractivity contribution < 1.29 is 27.5 Å². The van der Waals surface area contributed by atoms with E-state index in [2.05, 4.69) is 5.32 Å². The molecule has 1 aromatic heterocycles. The molecular formula is C19H19F3N2O4. The van der Waals surface area contributed by atoms with Gasteiger partial charge in [-0.3, -0.25) is 14.4 Å². The first kappa shape index (κ1) is 21.2. The zero-order valence-electron chi connectivity index (χ0n) is 15.2. The first-order chi connectivity index (χ1) is 13.1. The Kier molecular flexibility index (Phi) is 6.61. The maximum Gasteiger partial charge on any atom is 0.417 e. The summed E-state index contributed by atoms with van der Waals surface area (Å²) in [5.41, 5.74) is 0.0289. The van der Waals surface area contributed by atoms with Crippen molar-refractivity contribution in [1.82, 2.24) is 9.88 Å². The van der Waals surface area contributed by atoms with Crippen molar-refractivity contribution in [2.45, 2.75) is 32.6 Å². The molecule has 2 rings (SSSR count). The van der Waals surface area contributed by atoms with Gasteiger partial charge in [0.2, 0.25) is 0 Å². The van der Waals surface area contributed by atoms with E-state index in [1.807, 2.05) is 31.2 Å². The number of amides is 1. The summed E-state index contributed by atoms with van der Waals surface area (Å²) >= 11 is 0. The first-order valence-electron chi connectivity index (χ1n) is 8.36. The van der Waals surface area contributed by atoms with Gasteiger partial charge in [-0.15, -0.1) is 0 Å². The lowest BCUT2D eigenvalue weighted by Gasteiger charge is -2.16. The smallest absolute Gasteiger partial charge is 0.417 e. The van der Waals surface area contributed by atoms with Crippen molar-refractivity contribution in [1.29, 1.82) is 0 Å². The van der Waals surface area contributed by atoms with Crippen LogP contribution in [-0.4, -0.2) is 23.1 Å². The van der Waals surface area contributed by atoms with E-state index in [0.29, 0.717) is 22.9 Å². The van der Waals surface area contributed by atoms with Gasteiger partial charge in [-0.05, 0) is 31.0 Å². The minimum atomic E-state index is -4.65. The van der Waals surface area contributed by atoms with Crippen LogP contribution in [0.25, 0.3) is 0 Å². The topological polar surface area (TPSA) is 77.4 Å². The van der Waals surface area contributed by atoms with Crippen molar-refractivity contribution in [2.75, 3.05) is 6.61 Å². The average molecular weight is 396 g/mol. The second-order valence-corrected chi connectivity index (χ2v) is 6.19. The normalized spacial score (nSPS) is 12.3. The molecule has 0 aliphatic rings. The molecule has 1 N–H and O–H groups in total. The quantitative estimate of drug-likeness (QED) is 0.762. The predicted octanol–water partition coefficient (Wildman–Crippen LogP) is 2.60. The first-order valence-corrected chi connectivity index (χ1v) is 8.36. The van der Waals surface area contributed by atoms with Crippen molar-refractivity contribution in [3.05, 3.63) is 69.6 Å². The molecule has 0 aliphatic heterocycles. The third-order valence-corrected chi connectivity index (χ3v) is 4.01. The number of nitrogens with zero attached hydrogens (tertiary/aromatic N) is 1. The Morgan fingerprint density at radius 2 is 1.86 bits per heavy atom. The number of hydrogen-bond donors (Lipinski definition) is 1. The van der Waals surface area contributed by atoms with Crippen LogP contribution in [0.1, 0.15) is 29.7 Å². The number of nitrogens with one attached hydrogen (secondary N) is 1. The summed E-state index contributed by atoms with van der Waals surface area (Å²) in [6, 6.07) is 8.47. The van der Waals surface area contributed by atoms with Crippen LogP contribution in [0.5, 0.6) is 0 Å². The van der Waals surface area contributed by atoms with Crippen molar-refractivity contribution in [2.24, 2.45) is 0 Å². The second-order valence-electron chi connectivity index (χ2n) is 6.19. The molecule has 150 valence electrons. The summed E-state index contributed by atoms with van der Waals surface area (Å²) < 4.78 is 43.4. The lowest BCUT2D eigenvalue weighted by atomic mass is 10.0. The van der Waals surface area contributed by atoms with Gasteiger partial charge < -0.3 is 14.6 Å². The molecule has 0 saturated heterocycles. The standard InChI is InChI=1S/C19H19F3N2O4/c1-12-5-3-4-6-15(12)13(2)23-16(25)11-28-18(27)10-24-9-14(19(20,21)22)7-8-17(24)26/h3-9,13H,10-11H2,1-2H3,(H,23,25)/t13-/m0/s1. The highest BCUT2D eigenvalue weighted by molar-refractivity contribution is 5.80. The summed E-state index contributed by atoms with van der Waals surface area (Å²) in [5, 5.41) is 2.66. The van der Waals surface area contributed by atoms with Crippen molar-refractivity contribution in [3.8, 4) is 0 Å². The molecule has 2 aromatic rings. The molecule has 0 bridgehead atoms. The van der Waals surface area contributed by atoms with Gasteiger partial charge in [0.15, 0.2) is 6.61 Å². The number of aromatic nitrogens is 1. The number of aryl methyl sites for hydroxylation is 1. The van der Waals surface area contributed by atoms with E-state index >= 15 is 0 Å². The lowest BCUT2D eigenvalue weighted by Crippen LogP contribution is -2.33. The highest BCUT2D eigenvalue weighted by Gasteiger charge is 2.31. The van der Waals surface area contributed by atoms with Crippen molar-refractivity contribution in [3.63, 3.8) is 0 Å². The molecule has 28 heavy (non-hydrogen) atoms. The summed E-state index contributed by atoms with van der Waals surface area (Å²) in [6.45, 7) is 2.32. The van der Waals surface area contributed by atoms with Crippen LogP contribution in [-0.2, 0) is 27.0 Å². The number of halogens is 3. The van der Waals surface area contributed by atoms with E-state index in [9.17, 15) is 27.6 Å². The third kappa shape index (κ3) is 5.70. The molecule has 0 aliphatic carbocycles. The maximum absolute atomic E-state index is 12.7. The molecule has 1 atom stereocenters. The molecule has 9 heteroatoms. The van der Waals surface area contributed by atoms with Crippen LogP contribution in [0, 0.1) is 6.92 Å². The molecule has 0 saturated carbocycles. The largest absolute Gasteiger partial charge is 0.454 e. The van der Waals surface area contributed by atoms with Gasteiger partial charge in [-0.25, -0.2) is 0 Å². The Morgan fingerprint density at radius 3 is 2.50 bits per heavy atom. The zero-order valence-corrected chi connectivity index (χ0v) is 15.2. The number of carbonyl (C=O) groups is 2. The monoisotopic (exact) mass is 396 g/mol. The zero-order chi connectivity index (χ0) is 20.9. The van der Waals surface area contributed by atoms with Crippen LogP contribution in [0.2, 0.25) is 0 Å². The molecule has 1 heterocycles. The fraction of sp³-hybridized carbons (Fsp3) is 0.316. The molecule has 0 spiro atoms. The summed E-state index contributed by atoms with van der Waals surface area (Å²) in [5.74, 6) is -1.57. The highest BCUT2D eigenvalue weighted by atomic mass is 19.4. The molecule has 6 nitrogen and oxygen atoms in total. The maximum atomic E-state index is 12.7. The van der Waals surface area contributed by atoms with E-state index < -0.39 is 42.3 Å². The Hall–Kier alpha value is -3.10. The fourth-order valence-electron chi connectivity index (χ4n) is 2.59. The van der Waals surface area contributed by atoms with Gasteiger partial charge in [-0.1, -0.05) is 24.3 Å². The van der Waals surface area contributed by atoms with Gasteiger partial charge in [0.1, 0.15) is 6.54 Å². The molecule has 0 unspecified atom stereocenters. The van der Waals surface area contributed by atoms with E-state index in [-0.39, 0.29) is 6.04 Å². The number of ether oxygens (including phenoxy) is 1. The van der Waals surface area contributed by atoms with E-state index in [1.165, 1.54) is 0 Å². The molecule has 1 amide bonds. The Morgan fingerprint density at radius 1 is 1.18 bits per heavy atom. The van der Waals surface area contributed by atoms with Gasteiger partial charge in [0.05, 0.1) is 11.6 Å². The molecule has 0 fully saturated rings. The van der Waals surface area contributed by atoms with Gasteiger partial charge >= 0.3 is 12.1 Å².